The minimum absolute atomic E-state index is 0.0541. The van der Waals surface area contributed by atoms with Crippen molar-refractivity contribution in [2.24, 2.45) is 5.41 Å². The van der Waals surface area contributed by atoms with Gasteiger partial charge in [0.05, 0.1) is 16.8 Å². The van der Waals surface area contributed by atoms with Crippen LogP contribution in [0.1, 0.15) is 69.5 Å². The molecule has 52 heavy (non-hydrogen) atoms. The van der Waals surface area contributed by atoms with E-state index in [2.05, 4.69) is 24.8 Å². The molecule has 20 heteroatoms. The molecule has 3 heterocycles. The number of carbonyl (C=O) groups is 2. The van der Waals surface area contributed by atoms with Crippen LogP contribution >= 0.6 is 23.1 Å². The molecule has 12 nitrogen and oxygen atoms in total. The van der Waals surface area contributed by atoms with Crippen molar-refractivity contribution in [2.75, 3.05) is 6.61 Å². The van der Waals surface area contributed by atoms with Gasteiger partial charge in [-0.15, -0.1) is 0 Å². The highest BCUT2D eigenvalue weighted by Crippen LogP contribution is 2.49. The summed E-state index contributed by atoms with van der Waals surface area (Å²) in [6, 6.07) is 6.54. The zero-order valence-corrected chi connectivity index (χ0v) is 29.1. The van der Waals surface area contributed by atoms with Gasteiger partial charge in [0.15, 0.2) is 11.8 Å². The number of alkyl carbamates (subject to hydrolysis) is 1. The molecule has 1 saturated carbocycles. The first-order chi connectivity index (χ1) is 24.4. The van der Waals surface area contributed by atoms with E-state index in [9.17, 15) is 31.5 Å². The number of guanidine groups is 1. The van der Waals surface area contributed by atoms with Gasteiger partial charge in [-0.3, -0.25) is 15.1 Å². The molecule has 0 radical (unpaired) electrons. The molecule has 3 N–H and O–H groups in total. The van der Waals surface area contributed by atoms with E-state index in [1.807, 2.05) is 5.32 Å². The van der Waals surface area contributed by atoms with E-state index in [1.54, 1.807) is 26.8 Å². The fourth-order valence-corrected chi connectivity index (χ4v) is 6.92. The second-order valence-electron chi connectivity index (χ2n) is 13.6. The molecule has 0 spiro atoms. The highest BCUT2D eigenvalue weighted by atomic mass is 35.5. The van der Waals surface area contributed by atoms with Crippen LogP contribution in [-0.4, -0.2) is 65.3 Å². The number of nitrogens with zero attached hydrogens (tertiary/aromatic N) is 6. The average molecular weight is 770 g/mol. The Hall–Kier alpha value is -4.78. The Morgan fingerprint density at radius 1 is 1.13 bits per heavy atom. The SMILES string of the molecule is CC(C)(C)C[C@]1(c2ccc(-c3ncns3)cc2F)NC(=N)N([C@H](COC(=O)NC2(C(F)(F)F)CC2)c2ccc(Cl)c(-n3ncnc3C(F)F)c2)C1=O. The Morgan fingerprint density at radius 2 is 1.87 bits per heavy atom. The molecule has 6 rings (SSSR count). The number of hydrogen-bond acceptors (Lipinski definition) is 9. The molecule has 2 amide bonds. The number of benzene rings is 2. The van der Waals surface area contributed by atoms with Gasteiger partial charge >= 0.3 is 12.3 Å². The first-order valence-corrected chi connectivity index (χ1v) is 16.8. The lowest BCUT2D eigenvalue weighted by molar-refractivity contribution is -0.164. The minimum Gasteiger partial charge on any atom is -0.447 e. The number of ether oxygens (including phenoxy) is 1. The van der Waals surface area contributed by atoms with Crippen LogP contribution in [0.3, 0.4) is 0 Å². The Labute approximate surface area is 301 Å². The molecule has 276 valence electrons. The predicted molar refractivity (Wildman–Crippen MR) is 175 cm³/mol. The zero-order valence-electron chi connectivity index (χ0n) is 27.6. The van der Waals surface area contributed by atoms with Gasteiger partial charge in [0.25, 0.3) is 12.3 Å². The number of rotatable bonds is 10. The Balaban J connectivity index is 1.43. The van der Waals surface area contributed by atoms with E-state index in [0.29, 0.717) is 10.6 Å². The lowest BCUT2D eigenvalue weighted by Gasteiger charge is -2.35. The van der Waals surface area contributed by atoms with Crippen molar-refractivity contribution >= 4 is 41.1 Å². The summed E-state index contributed by atoms with van der Waals surface area (Å²) < 4.78 is 94.6. The second kappa shape index (κ2) is 13.3. The van der Waals surface area contributed by atoms with Crippen molar-refractivity contribution in [3.8, 4) is 16.3 Å². The van der Waals surface area contributed by atoms with Crippen LogP contribution in [0, 0.1) is 16.6 Å². The number of halogens is 7. The quantitative estimate of drug-likeness (QED) is 0.145. The van der Waals surface area contributed by atoms with Crippen molar-refractivity contribution in [3.63, 3.8) is 0 Å². The Kier molecular flexibility index (Phi) is 9.48. The molecular formula is C32H30ClF6N9O3S. The van der Waals surface area contributed by atoms with Crippen molar-refractivity contribution in [1.82, 2.24) is 39.7 Å². The molecule has 2 atom stereocenters. The van der Waals surface area contributed by atoms with Gasteiger partial charge in [0.1, 0.15) is 41.2 Å². The van der Waals surface area contributed by atoms with E-state index >= 15 is 4.39 Å². The molecule has 2 aromatic heterocycles. The van der Waals surface area contributed by atoms with Crippen molar-refractivity contribution in [1.29, 1.82) is 5.41 Å². The van der Waals surface area contributed by atoms with E-state index in [-0.39, 0.29) is 41.1 Å². The second-order valence-corrected chi connectivity index (χ2v) is 14.8. The smallest absolute Gasteiger partial charge is 0.411 e. The van der Waals surface area contributed by atoms with Crippen LogP contribution in [0.25, 0.3) is 16.3 Å². The average Bonchev–Trinajstić information content (AvgIpc) is 3.37. The van der Waals surface area contributed by atoms with Gasteiger partial charge in [-0.2, -0.15) is 22.6 Å². The summed E-state index contributed by atoms with van der Waals surface area (Å²) >= 11 is 7.41. The van der Waals surface area contributed by atoms with Gasteiger partial charge in [-0.05, 0) is 60.0 Å². The van der Waals surface area contributed by atoms with Crippen molar-refractivity contribution < 1.29 is 40.7 Å². The summed E-state index contributed by atoms with van der Waals surface area (Å²) in [6.07, 6.45) is -7.88. The first kappa shape index (κ1) is 37.0. The summed E-state index contributed by atoms with van der Waals surface area (Å²) in [7, 11) is 0. The third-order valence-electron chi connectivity index (χ3n) is 8.66. The van der Waals surface area contributed by atoms with Crippen LogP contribution < -0.4 is 10.6 Å². The lowest BCUT2D eigenvalue weighted by Crippen LogP contribution is -2.49. The summed E-state index contributed by atoms with van der Waals surface area (Å²) in [5, 5.41) is 17.9. The molecular weight excluding hydrogens is 740 g/mol. The minimum atomic E-state index is -4.75. The number of carbonyl (C=O) groups excluding carboxylic acids is 2. The number of amides is 2. The van der Waals surface area contributed by atoms with Gasteiger partial charge in [-0.25, -0.2) is 32.6 Å². The maximum absolute atomic E-state index is 16.2. The molecule has 0 unspecified atom stereocenters. The summed E-state index contributed by atoms with van der Waals surface area (Å²) in [6.45, 7) is 4.58. The van der Waals surface area contributed by atoms with Crippen LogP contribution in [-0.2, 0) is 15.1 Å². The molecule has 2 aromatic carbocycles. The first-order valence-electron chi connectivity index (χ1n) is 15.6. The lowest BCUT2D eigenvalue weighted by atomic mass is 9.75. The van der Waals surface area contributed by atoms with Crippen molar-refractivity contribution in [2.45, 2.75) is 69.8 Å². The summed E-state index contributed by atoms with van der Waals surface area (Å²) in [4.78, 5) is 36.2. The molecule has 1 saturated heterocycles. The monoisotopic (exact) mass is 769 g/mol. The number of hydrogen-bond donors (Lipinski definition) is 3. The Morgan fingerprint density at radius 3 is 2.46 bits per heavy atom. The highest BCUT2D eigenvalue weighted by molar-refractivity contribution is 7.09. The van der Waals surface area contributed by atoms with E-state index in [4.69, 9.17) is 21.7 Å². The number of alkyl halides is 5. The summed E-state index contributed by atoms with van der Waals surface area (Å²) in [5.41, 5.74) is -4.84. The van der Waals surface area contributed by atoms with Gasteiger partial charge in [0, 0.05) is 11.1 Å². The van der Waals surface area contributed by atoms with Crippen LogP contribution in [0.4, 0.5) is 31.1 Å². The molecule has 0 bridgehead atoms. The Bertz CT molecular complexity index is 2020. The van der Waals surface area contributed by atoms with Crippen LogP contribution in [0.15, 0.2) is 49.1 Å². The standard InChI is InChI=1S/C32H30ClF6N9O3S/c1-29(2,3)13-31(18-6-4-17(10-20(18)34)25-42-15-44-52-25)26(49)47(27(40)45-31)22(12-51-28(50)46-30(8-9-30)32(37,38)39)16-5-7-19(33)21(11-16)48-24(23(35)36)41-14-43-48/h4-7,10-11,14-15,22-23H,8-9,12-13H2,1-3H3,(H2,40,45)(H,46,50)/t22-,31-/m1/s1. The fourth-order valence-electron chi connectivity index (χ4n) is 6.20. The normalized spacial score (nSPS) is 19.2. The number of aromatic nitrogens is 5. The zero-order chi connectivity index (χ0) is 37.8. The third kappa shape index (κ3) is 6.90. The topological polar surface area (TPSA) is 151 Å². The molecule has 4 aromatic rings. The van der Waals surface area contributed by atoms with Crippen molar-refractivity contribution in [3.05, 3.63) is 76.8 Å². The maximum atomic E-state index is 16.2. The van der Waals surface area contributed by atoms with E-state index in [0.717, 1.165) is 27.4 Å². The van der Waals surface area contributed by atoms with Crippen LogP contribution in [0.5, 0.6) is 0 Å². The molecule has 1 aliphatic heterocycles. The predicted octanol–water partition coefficient (Wildman–Crippen LogP) is 7.08. The molecule has 1 aliphatic carbocycles. The van der Waals surface area contributed by atoms with Gasteiger partial charge in [-0.1, -0.05) is 50.6 Å². The van der Waals surface area contributed by atoms with E-state index < -0.39 is 71.3 Å². The largest absolute Gasteiger partial charge is 0.447 e. The van der Waals surface area contributed by atoms with Crippen LogP contribution in [0.2, 0.25) is 5.02 Å². The molecule has 2 fully saturated rings. The molecule has 2 aliphatic rings. The third-order valence-corrected chi connectivity index (χ3v) is 9.69. The van der Waals surface area contributed by atoms with Gasteiger partial charge < -0.3 is 15.4 Å². The van der Waals surface area contributed by atoms with E-state index in [1.165, 1.54) is 36.7 Å². The van der Waals surface area contributed by atoms with Gasteiger partial charge in [0.2, 0.25) is 0 Å². The summed E-state index contributed by atoms with van der Waals surface area (Å²) in [5.74, 6) is -2.99. The fraction of sp³-hybridized carbons (Fsp3) is 0.406. The number of nitrogens with one attached hydrogen (secondary N) is 3. The maximum Gasteiger partial charge on any atom is 0.411 e. The highest BCUT2D eigenvalue weighted by Gasteiger charge is 2.65.